The van der Waals surface area contributed by atoms with Crippen molar-refractivity contribution >= 4 is 5.97 Å². The van der Waals surface area contributed by atoms with Gasteiger partial charge in [0.25, 0.3) is 0 Å². The molecule has 0 aliphatic carbocycles. The molecule has 0 bridgehead atoms. The minimum Gasteiger partial charge on any atom is -0.465 e. The second kappa shape index (κ2) is 5.51. The van der Waals surface area contributed by atoms with Crippen molar-refractivity contribution in [3.05, 3.63) is 35.9 Å². The smallest absolute Gasteiger partial charge is 0.323 e. The van der Waals surface area contributed by atoms with Gasteiger partial charge in [-0.3, -0.25) is 4.79 Å². The molecule has 0 fully saturated rings. The van der Waals surface area contributed by atoms with Crippen LogP contribution in [-0.2, 0) is 9.53 Å². The molecule has 0 amide bonds. The van der Waals surface area contributed by atoms with E-state index in [1.165, 1.54) is 0 Å². The van der Waals surface area contributed by atoms with E-state index < -0.39 is 6.04 Å². The second-order valence-electron chi connectivity index (χ2n) is 3.48. The third-order valence-electron chi connectivity index (χ3n) is 2.42. The molecule has 0 aliphatic rings. The summed E-state index contributed by atoms with van der Waals surface area (Å²) in [5.41, 5.74) is 6.86. The van der Waals surface area contributed by atoms with Crippen LogP contribution in [0.5, 0.6) is 0 Å². The summed E-state index contributed by atoms with van der Waals surface area (Å²) in [6.07, 6.45) is 0. The standard InChI is InChI=1S/C12H17NO2/c1-3-15-12(14)11(13)9(2)10-7-5-4-6-8-10/h4-9,11H,3,13H2,1-2H3. The molecule has 2 unspecified atom stereocenters. The first-order valence-electron chi connectivity index (χ1n) is 5.14. The van der Waals surface area contributed by atoms with Crippen LogP contribution >= 0.6 is 0 Å². The Labute approximate surface area is 90.2 Å². The molecule has 0 spiro atoms. The highest BCUT2D eigenvalue weighted by Gasteiger charge is 2.22. The molecule has 2 N–H and O–H groups in total. The maximum absolute atomic E-state index is 11.4. The summed E-state index contributed by atoms with van der Waals surface area (Å²) < 4.78 is 4.88. The summed E-state index contributed by atoms with van der Waals surface area (Å²) in [6, 6.07) is 9.14. The minimum atomic E-state index is -0.590. The van der Waals surface area contributed by atoms with Crippen LogP contribution in [0.25, 0.3) is 0 Å². The van der Waals surface area contributed by atoms with Crippen molar-refractivity contribution < 1.29 is 9.53 Å². The molecule has 0 saturated heterocycles. The first-order valence-corrected chi connectivity index (χ1v) is 5.14. The molecular weight excluding hydrogens is 190 g/mol. The normalized spacial score (nSPS) is 14.3. The van der Waals surface area contributed by atoms with Crippen LogP contribution in [0.4, 0.5) is 0 Å². The molecular formula is C12H17NO2. The van der Waals surface area contributed by atoms with Crippen molar-refractivity contribution in [2.45, 2.75) is 25.8 Å². The Kier molecular flexibility index (Phi) is 4.31. The Bertz CT molecular complexity index is 311. The van der Waals surface area contributed by atoms with E-state index in [0.29, 0.717) is 6.61 Å². The van der Waals surface area contributed by atoms with Crippen LogP contribution in [0, 0.1) is 0 Å². The fourth-order valence-corrected chi connectivity index (χ4v) is 1.41. The lowest BCUT2D eigenvalue weighted by atomic mass is 9.94. The molecule has 3 nitrogen and oxygen atoms in total. The maximum atomic E-state index is 11.4. The van der Waals surface area contributed by atoms with Crippen LogP contribution in [0.2, 0.25) is 0 Å². The molecule has 1 rings (SSSR count). The van der Waals surface area contributed by atoms with E-state index in [4.69, 9.17) is 10.5 Å². The lowest BCUT2D eigenvalue weighted by Gasteiger charge is -2.18. The van der Waals surface area contributed by atoms with Crippen molar-refractivity contribution in [2.24, 2.45) is 5.73 Å². The van der Waals surface area contributed by atoms with Gasteiger partial charge in [-0.25, -0.2) is 0 Å². The number of carbonyl (C=O) groups excluding carboxylic acids is 1. The third-order valence-corrected chi connectivity index (χ3v) is 2.42. The number of rotatable bonds is 4. The molecule has 1 aromatic rings. The first-order chi connectivity index (χ1) is 7.16. The Morgan fingerprint density at radius 1 is 1.40 bits per heavy atom. The van der Waals surface area contributed by atoms with Crippen molar-refractivity contribution in [1.29, 1.82) is 0 Å². The average molecular weight is 207 g/mol. The zero-order chi connectivity index (χ0) is 11.3. The lowest BCUT2D eigenvalue weighted by molar-refractivity contribution is -0.145. The van der Waals surface area contributed by atoms with Gasteiger partial charge < -0.3 is 10.5 Å². The summed E-state index contributed by atoms with van der Waals surface area (Å²) in [4.78, 5) is 11.4. The topological polar surface area (TPSA) is 52.3 Å². The highest BCUT2D eigenvalue weighted by atomic mass is 16.5. The Morgan fingerprint density at radius 2 is 2.00 bits per heavy atom. The van der Waals surface area contributed by atoms with E-state index in [1.807, 2.05) is 37.3 Å². The Balaban J connectivity index is 2.68. The van der Waals surface area contributed by atoms with E-state index >= 15 is 0 Å². The van der Waals surface area contributed by atoms with Crippen molar-refractivity contribution in [3.63, 3.8) is 0 Å². The van der Waals surface area contributed by atoms with Gasteiger partial charge in [-0.2, -0.15) is 0 Å². The monoisotopic (exact) mass is 207 g/mol. The van der Waals surface area contributed by atoms with E-state index in [1.54, 1.807) is 6.92 Å². The molecule has 2 atom stereocenters. The number of ether oxygens (including phenoxy) is 1. The van der Waals surface area contributed by atoms with Crippen molar-refractivity contribution in [3.8, 4) is 0 Å². The fraction of sp³-hybridized carbons (Fsp3) is 0.417. The minimum absolute atomic E-state index is 0.0229. The van der Waals surface area contributed by atoms with Crippen molar-refractivity contribution in [2.75, 3.05) is 6.61 Å². The van der Waals surface area contributed by atoms with Crippen LogP contribution in [-0.4, -0.2) is 18.6 Å². The summed E-state index contributed by atoms with van der Waals surface area (Å²) in [6.45, 7) is 4.07. The third kappa shape index (κ3) is 3.06. The van der Waals surface area contributed by atoms with Gasteiger partial charge >= 0.3 is 5.97 Å². The molecule has 15 heavy (non-hydrogen) atoms. The van der Waals surface area contributed by atoms with Gasteiger partial charge in [0.15, 0.2) is 0 Å². The highest BCUT2D eigenvalue weighted by Crippen LogP contribution is 2.18. The van der Waals surface area contributed by atoms with Gasteiger partial charge in [0.05, 0.1) is 6.61 Å². The van der Waals surface area contributed by atoms with Crippen LogP contribution in [0.15, 0.2) is 30.3 Å². The number of esters is 1. The van der Waals surface area contributed by atoms with Crippen LogP contribution < -0.4 is 5.73 Å². The van der Waals surface area contributed by atoms with Crippen LogP contribution in [0.1, 0.15) is 25.3 Å². The van der Waals surface area contributed by atoms with E-state index in [2.05, 4.69) is 0 Å². The number of hydrogen-bond acceptors (Lipinski definition) is 3. The second-order valence-corrected chi connectivity index (χ2v) is 3.48. The van der Waals surface area contributed by atoms with E-state index in [-0.39, 0.29) is 11.9 Å². The summed E-state index contributed by atoms with van der Waals surface area (Å²) >= 11 is 0. The van der Waals surface area contributed by atoms with Gasteiger partial charge in [0.2, 0.25) is 0 Å². The van der Waals surface area contributed by atoms with Gasteiger partial charge in [-0.05, 0) is 12.5 Å². The number of nitrogens with two attached hydrogens (primary N) is 1. The predicted molar refractivity (Wildman–Crippen MR) is 59.5 cm³/mol. The maximum Gasteiger partial charge on any atom is 0.323 e. The van der Waals surface area contributed by atoms with E-state index in [9.17, 15) is 4.79 Å². The molecule has 0 heterocycles. The summed E-state index contributed by atoms with van der Waals surface area (Å²) in [7, 11) is 0. The molecule has 0 aromatic heterocycles. The van der Waals surface area contributed by atoms with Gasteiger partial charge in [-0.1, -0.05) is 37.3 Å². The molecule has 1 aromatic carbocycles. The molecule has 0 aliphatic heterocycles. The van der Waals surface area contributed by atoms with Crippen LogP contribution in [0.3, 0.4) is 0 Å². The molecule has 3 heteroatoms. The zero-order valence-electron chi connectivity index (χ0n) is 9.14. The Morgan fingerprint density at radius 3 is 2.53 bits per heavy atom. The summed E-state index contributed by atoms with van der Waals surface area (Å²) in [5.74, 6) is -0.362. The zero-order valence-corrected chi connectivity index (χ0v) is 9.14. The number of hydrogen-bond donors (Lipinski definition) is 1. The fourth-order valence-electron chi connectivity index (χ4n) is 1.41. The van der Waals surface area contributed by atoms with Gasteiger partial charge in [-0.15, -0.1) is 0 Å². The largest absolute Gasteiger partial charge is 0.465 e. The van der Waals surface area contributed by atoms with Gasteiger partial charge in [0, 0.05) is 5.92 Å². The number of carbonyl (C=O) groups is 1. The van der Waals surface area contributed by atoms with Crippen molar-refractivity contribution in [1.82, 2.24) is 0 Å². The lowest BCUT2D eigenvalue weighted by Crippen LogP contribution is -2.37. The first kappa shape index (κ1) is 11.7. The Hall–Kier alpha value is -1.35. The molecule has 82 valence electrons. The van der Waals surface area contributed by atoms with Gasteiger partial charge in [0.1, 0.15) is 6.04 Å². The molecule has 0 radical (unpaired) electrons. The quantitative estimate of drug-likeness (QED) is 0.764. The predicted octanol–water partition coefficient (Wildman–Crippen LogP) is 1.68. The SMILES string of the molecule is CCOC(=O)C(N)C(C)c1ccccc1. The number of benzene rings is 1. The highest BCUT2D eigenvalue weighted by molar-refractivity contribution is 5.76. The molecule has 0 saturated carbocycles. The summed E-state index contributed by atoms with van der Waals surface area (Å²) in [5, 5.41) is 0. The van der Waals surface area contributed by atoms with E-state index in [0.717, 1.165) is 5.56 Å². The average Bonchev–Trinajstić information content (AvgIpc) is 2.28.